The fourth-order valence-electron chi connectivity index (χ4n) is 3.54. The molecule has 30 heavy (non-hydrogen) atoms. The van der Waals surface area contributed by atoms with Gasteiger partial charge in [0.25, 0.3) is 16.8 Å². The zero-order valence-corrected chi connectivity index (χ0v) is 17.2. The minimum absolute atomic E-state index is 0.0143. The molecule has 1 aliphatic rings. The number of carbonyl (C=O) groups is 1. The second-order valence-corrected chi connectivity index (χ2v) is 8.62. The third kappa shape index (κ3) is 3.27. The van der Waals surface area contributed by atoms with E-state index in [0.29, 0.717) is 5.76 Å². The lowest BCUT2D eigenvalue weighted by atomic mass is 9.85. The highest BCUT2D eigenvalue weighted by Crippen LogP contribution is 2.39. The van der Waals surface area contributed by atoms with Crippen molar-refractivity contribution in [3.05, 3.63) is 72.6 Å². The molecule has 3 N–H and O–H groups in total. The maximum Gasteiger partial charge on any atom is 0.254 e. The minimum atomic E-state index is -0.723. The maximum atomic E-state index is 14.0. The summed E-state index contributed by atoms with van der Waals surface area (Å²) in [6, 6.07) is 5.41. The van der Waals surface area contributed by atoms with Crippen molar-refractivity contribution in [3.8, 4) is 0 Å². The number of halogens is 2. The molecule has 0 bridgehead atoms. The van der Waals surface area contributed by atoms with Crippen LogP contribution in [0, 0.1) is 11.2 Å². The van der Waals surface area contributed by atoms with Gasteiger partial charge in [0.2, 0.25) is 0 Å². The van der Waals surface area contributed by atoms with Crippen molar-refractivity contribution in [2.75, 3.05) is 10.6 Å². The van der Waals surface area contributed by atoms with E-state index in [2.05, 4.69) is 16.0 Å². The van der Waals surface area contributed by atoms with Gasteiger partial charge in [0.05, 0.1) is 17.3 Å². The number of rotatable bonds is 5. The van der Waals surface area contributed by atoms with Crippen molar-refractivity contribution in [2.45, 2.75) is 33.4 Å². The molecule has 3 aromatic rings. The molecule has 0 aliphatic carbocycles. The Morgan fingerprint density at radius 2 is 1.80 bits per heavy atom. The van der Waals surface area contributed by atoms with Gasteiger partial charge in [-0.2, -0.15) is 0 Å². The summed E-state index contributed by atoms with van der Waals surface area (Å²) in [5.74, 6) is -0.453. The van der Waals surface area contributed by atoms with E-state index in [1.807, 2.05) is 20.8 Å². The fraction of sp³-hybridized carbons (Fsp3) is 0.286. The van der Waals surface area contributed by atoms with Crippen LogP contribution in [0.3, 0.4) is 0 Å². The summed E-state index contributed by atoms with van der Waals surface area (Å²) < 4.78 is 19.5. The first-order valence-electron chi connectivity index (χ1n) is 9.29. The van der Waals surface area contributed by atoms with Gasteiger partial charge in [0.1, 0.15) is 23.0 Å². The van der Waals surface area contributed by atoms with Crippen molar-refractivity contribution in [2.24, 2.45) is 5.41 Å². The van der Waals surface area contributed by atoms with E-state index in [9.17, 15) is 18.8 Å². The first-order valence-corrected chi connectivity index (χ1v) is 9.67. The van der Waals surface area contributed by atoms with E-state index in [4.69, 9.17) is 16.0 Å². The number of amides is 1. The Labute approximate surface area is 175 Å². The topological polar surface area (TPSA) is 100 Å². The molecule has 0 unspecified atom stereocenters. The number of fused-ring (bicyclic) bond motifs is 1. The Kier molecular flexibility index (Phi) is 4.69. The van der Waals surface area contributed by atoms with E-state index in [1.165, 1.54) is 12.1 Å². The molecule has 0 spiro atoms. The summed E-state index contributed by atoms with van der Waals surface area (Å²) in [6.45, 7) is 5.89. The van der Waals surface area contributed by atoms with Crippen LogP contribution < -0.4 is 26.8 Å². The zero-order chi connectivity index (χ0) is 21.8. The third-order valence-electron chi connectivity index (χ3n) is 5.11. The summed E-state index contributed by atoms with van der Waals surface area (Å²) in [7, 11) is 0. The second-order valence-electron chi connectivity index (χ2n) is 8.25. The highest BCUT2D eigenvalue weighted by Gasteiger charge is 2.34. The monoisotopic (exact) mass is 431 g/mol. The van der Waals surface area contributed by atoms with Crippen LogP contribution in [0.5, 0.6) is 0 Å². The number of anilines is 3. The maximum absolute atomic E-state index is 14.0. The minimum Gasteiger partial charge on any atom is -0.447 e. The van der Waals surface area contributed by atoms with Gasteiger partial charge in [-0.25, -0.2) is 4.39 Å². The van der Waals surface area contributed by atoms with Crippen LogP contribution >= 0.6 is 11.6 Å². The first-order chi connectivity index (χ1) is 14.1. The van der Waals surface area contributed by atoms with E-state index < -0.39 is 34.0 Å². The van der Waals surface area contributed by atoms with Gasteiger partial charge in [-0.1, -0.05) is 20.8 Å². The molecule has 156 valence electrons. The SMILES string of the molecule is CC(C)(C)[C@@H](Nc1c(Nc2ccc(F)c3c2C(=O)NC3)c(=O)c1=O)c1ccc(Cl)o1. The van der Waals surface area contributed by atoms with E-state index >= 15 is 0 Å². The number of carbonyl (C=O) groups excluding carboxylic acids is 1. The van der Waals surface area contributed by atoms with Gasteiger partial charge in [0.15, 0.2) is 5.22 Å². The molecule has 1 atom stereocenters. The van der Waals surface area contributed by atoms with Gasteiger partial charge >= 0.3 is 0 Å². The summed E-state index contributed by atoms with van der Waals surface area (Å²) in [5, 5.41) is 8.69. The molecule has 2 aromatic carbocycles. The van der Waals surface area contributed by atoms with Crippen LogP contribution in [-0.4, -0.2) is 5.91 Å². The number of hydrogen-bond acceptors (Lipinski definition) is 6. The number of benzene rings is 1. The quantitative estimate of drug-likeness (QED) is 0.530. The smallest absolute Gasteiger partial charge is 0.254 e. The van der Waals surface area contributed by atoms with Crippen molar-refractivity contribution < 1.29 is 13.6 Å². The molecule has 0 radical (unpaired) electrons. The van der Waals surface area contributed by atoms with E-state index in [1.54, 1.807) is 12.1 Å². The molecule has 2 heterocycles. The van der Waals surface area contributed by atoms with Gasteiger partial charge in [-0.05, 0) is 41.3 Å². The molecule has 0 saturated heterocycles. The van der Waals surface area contributed by atoms with E-state index in [-0.39, 0.29) is 40.0 Å². The van der Waals surface area contributed by atoms with Crippen LogP contribution in [0.4, 0.5) is 21.5 Å². The number of furan rings is 1. The lowest BCUT2D eigenvalue weighted by Gasteiger charge is -2.31. The molecule has 0 fully saturated rings. The van der Waals surface area contributed by atoms with Crippen LogP contribution in [0.15, 0.2) is 38.3 Å². The van der Waals surface area contributed by atoms with Crippen molar-refractivity contribution in [3.63, 3.8) is 0 Å². The van der Waals surface area contributed by atoms with E-state index in [0.717, 1.165) is 0 Å². The average Bonchev–Trinajstić information content (AvgIpc) is 3.28. The highest BCUT2D eigenvalue weighted by molar-refractivity contribution is 6.28. The lowest BCUT2D eigenvalue weighted by Crippen LogP contribution is -2.39. The number of hydrogen-bond donors (Lipinski definition) is 3. The summed E-state index contributed by atoms with van der Waals surface area (Å²) in [4.78, 5) is 36.7. The van der Waals surface area contributed by atoms with Crippen molar-refractivity contribution in [1.82, 2.24) is 5.32 Å². The molecule has 0 saturated carbocycles. The average molecular weight is 432 g/mol. The van der Waals surface area contributed by atoms with Gasteiger partial charge in [0, 0.05) is 12.1 Å². The molecule has 4 rings (SSSR count). The van der Waals surface area contributed by atoms with Gasteiger partial charge < -0.3 is 20.4 Å². The third-order valence-corrected chi connectivity index (χ3v) is 5.31. The molecule has 1 amide bonds. The molecule has 1 aromatic heterocycles. The summed E-state index contributed by atoms with van der Waals surface area (Å²) in [5.41, 5.74) is -1.12. The Morgan fingerprint density at radius 3 is 2.43 bits per heavy atom. The normalized spacial score (nSPS) is 14.5. The Bertz CT molecular complexity index is 1230. The van der Waals surface area contributed by atoms with Crippen LogP contribution in [0.25, 0.3) is 0 Å². The van der Waals surface area contributed by atoms with Crippen LogP contribution in [-0.2, 0) is 6.54 Å². The van der Waals surface area contributed by atoms with Crippen LogP contribution in [0.2, 0.25) is 5.22 Å². The van der Waals surface area contributed by atoms with Crippen molar-refractivity contribution in [1.29, 1.82) is 0 Å². The summed E-state index contributed by atoms with van der Waals surface area (Å²) >= 11 is 5.90. The largest absolute Gasteiger partial charge is 0.447 e. The molecular weight excluding hydrogens is 413 g/mol. The second kappa shape index (κ2) is 6.98. The molecule has 9 heteroatoms. The number of nitrogens with one attached hydrogen (secondary N) is 3. The molecule has 7 nitrogen and oxygen atoms in total. The Hall–Kier alpha value is -3.13. The molecular formula is C21H19ClFN3O4. The predicted molar refractivity (Wildman–Crippen MR) is 112 cm³/mol. The fourth-order valence-corrected chi connectivity index (χ4v) is 3.69. The summed E-state index contributed by atoms with van der Waals surface area (Å²) in [6.07, 6.45) is 0. The highest BCUT2D eigenvalue weighted by atomic mass is 35.5. The van der Waals surface area contributed by atoms with Gasteiger partial charge in [-0.3, -0.25) is 14.4 Å². The lowest BCUT2D eigenvalue weighted by molar-refractivity contribution is 0.0966. The molecule has 1 aliphatic heterocycles. The Morgan fingerprint density at radius 1 is 1.10 bits per heavy atom. The Balaban J connectivity index is 1.70. The van der Waals surface area contributed by atoms with Crippen molar-refractivity contribution >= 4 is 34.6 Å². The van der Waals surface area contributed by atoms with Crippen LogP contribution in [0.1, 0.15) is 48.5 Å². The predicted octanol–water partition coefficient (Wildman–Crippen LogP) is 3.85. The standard InChI is InChI=1S/C21H19ClFN3O4/c1-21(2,3)19(12-6-7-13(22)30-12)26-16-15(17(27)18(16)28)25-11-5-4-10(23)9-8-24-20(29)14(9)11/h4-7,19,25-26H,8H2,1-3H3,(H,24,29)/t19-/m0/s1. The van der Waals surface area contributed by atoms with Gasteiger partial charge in [-0.15, -0.1) is 0 Å². The first kappa shape index (κ1) is 20.2. The zero-order valence-electron chi connectivity index (χ0n) is 16.5.